The standard InChI is InChI=1S/C11H16N4O/c1-11(2,7-16-3)15-9-8(14-10(15)12)5-4-6-13-9/h4-6H,7H2,1-3H3,(H2,12,14). The maximum Gasteiger partial charge on any atom is 0.203 e. The number of nitrogens with zero attached hydrogens (tertiary/aromatic N) is 3. The molecular weight excluding hydrogens is 204 g/mol. The number of rotatable bonds is 3. The molecule has 0 saturated heterocycles. The van der Waals surface area contributed by atoms with Crippen molar-refractivity contribution in [3.63, 3.8) is 0 Å². The van der Waals surface area contributed by atoms with Gasteiger partial charge in [0.15, 0.2) is 5.65 Å². The van der Waals surface area contributed by atoms with E-state index in [2.05, 4.69) is 9.97 Å². The largest absolute Gasteiger partial charge is 0.382 e. The molecule has 2 aromatic rings. The van der Waals surface area contributed by atoms with Crippen LogP contribution >= 0.6 is 0 Å². The topological polar surface area (TPSA) is 66.0 Å². The lowest BCUT2D eigenvalue weighted by Crippen LogP contribution is -2.32. The molecule has 0 amide bonds. The molecule has 0 atom stereocenters. The highest BCUT2D eigenvalue weighted by atomic mass is 16.5. The first-order valence-electron chi connectivity index (χ1n) is 5.14. The van der Waals surface area contributed by atoms with Gasteiger partial charge in [0, 0.05) is 13.3 Å². The van der Waals surface area contributed by atoms with Crippen LogP contribution in [0.4, 0.5) is 5.95 Å². The number of aromatic nitrogens is 3. The number of hydrogen-bond acceptors (Lipinski definition) is 4. The highest BCUT2D eigenvalue weighted by Crippen LogP contribution is 2.25. The summed E-state index contributed by atoms with van der Waals surface area (Å²) in [6.45, 7) is 4.64. The van der Waals surface area contributed by atoms with Gasteiger partial charge in [-0.05, 0) is 26.0 Å². The van der Waals surface area contributed by atoms with Gasteiger partial charge in [-0.15, -0.1) is 0 Å². The van der Waals surface area contributed by atoms with Gasteiger partial charge in [-0.3, -0.25) is 4.57 Å². The number of imidazole rings is 1. The van der Waals surface area contributed by atoms with E-state index in [-0.39, 0.29) is 5.54 Å². The van der Waals surface area contributed by atoms with Crippen molar-refractivity contribution in [3.8, 4) is 0 Å². The van der Waals surface area contributed by atoms with Crippen molar-refractivity contribution in [2.75, 3.05) is 19.5 Å². The molecule has 16 heavy (non-hydrogen) atoms. The second-order valence-electron chi connectivity index (χ2n) is 4.40. The molecule has 0 spiro atoms. The second kappa shape index (κ2) is 3.75. The summed E-state index contributed by atoms with van der Waals surface area (Å²) in [4.78, 5) is 8.60. The lowest BCUT2D eigenvalue weighted by Gasteiger charge is -2.26. The van der Waals surface area contributed by atoms with Gasteiger partial charge >= 0.3 is 0 Å². The Kier molecular flexibility index (Phi) is 2.55. The van der Waals surface area contributed by atoms with Crippen LogP contribution in [0.1, 0.15) is 13.8 Å². The Morgan fingerprint density at radius 1 is 1.50 bits per heavy atom. The fourth-order valence-corrected chi connectivity index (χ4v) is 1.94. The highest BCUT2D eigenvalue weighted by molar-refractivity contribution is 5.74. The Balaban J connectivity index is 2.63. The van der Waals surface area contributed by atoms with Gasteiger partial charge in [0.25, 0.3) is 0 Å². The first-order valence-corrected chi connectivity index (χ1v) is 5.14. The zero-order valence-electron chi connectivity index (χ0n) is 9.77. The Bertz CT molecular complexity index is 504. The van der Waals surface area contributed by atoms with Gasteiger partial charge in [0.2, 0.25) is 5.95 Å². The SMILES string of the molecule is COCC(C)(C)n1c(N)nc2cccnc21. The molecule has 0 aromatic carbocycles. The summed E-state index contributed by atoms with van der Waals surface area (Å²) in [5, 5.41) is 0. The zero-order valence-corrected chi connectivity index (χ0v) is 9.77. The minimum Gasteiger partial charge on any atom is -0.382 e. The Morgan fingerprint density at radius 3 is 2.94 bits per heavy atom. The monoisotopic (exact) mass is 220 g/mol. The van der Waals surface area contributed by atoms with Crippen molar-refractivity contribution in [1.82, 2.24) is 14.5 Å². The van der Waals surface area contributed by atoms with Gasteiger partial charge in [-0.2, -0.15) is 0 Å². The minimum atomic E-state index is -0.262. The number of methoxy groups -OCH3 is 1. The van der Waals surface area contributed by atoms with Crippen molar-refractivity contribution in [2.45, 2.75) is 19.4 Å². The average Bonchev–Trinajstić information content (AvgIpc) is 2.53. The number of fused-ring (bicyclic) bond motifs is 1. The number of hydrogen-bond donors (Lipinski definition) is 1. The van der Waals surface area contributed by atoms with E-state index in [0.717, 1.165) is 11.2 Å². The Morgan fingerprint density at radius 2 is 2.25 bits per heavy atom. The predicted octanol–water partition coefficient (Wildman–Crippen LogP) is 1.40. The summed E-state index contributed by atoms with van der Waals surface area (Å²) in [6.07, 6.45) is 1.74. The summed E-state index contributed by atoms with van der Waals surface area (Å²) in [5.41, 5.74) is 7.27. The predicted molar refractivity (Wildman–Crippen MR) is 63.1 cm³/mol. The van der Waals surface area contributed by atoms with E-state index < -0.39 is 0 Å². The van der Waals surface area contributed by atoms with E-state index in [1.165, 1.54) is 0 Å². The van der Waals surface area contributed by atoms with E-state index in [0.29, 0.717) is 12.6 Å². The lowest BCUT2D eigenvalue weighted by atomic mass is 10.1. The molecule has 5 heteroatoms. The third kappa shape index (κ3) is 1.63. The number of nitrogens with two attached hydrogens (primary N) is 1. The quantitative estimate of drug-likeness (QED) is 0.849. The maximum absolute atomic E-state index is 5.93. The van der Waals surface area contributed by atoms with Crippen molar-refractivity contribution < 1.29 is 4.74 Å². The van der Waals surface area contributed by atoms with Crippen molar-refractivity contribution in [1.29, 1.82) is 0 Å². The van der Waals surface area contributed by atoms with Gasteiger partial charge in [0.05, 0.1) is 12.1 Å². The zero-order chi connectivity index (χ0) is 11.8. The van der Waals surface area contributed by atoms with Gasteiger partial charge in [-0.25, -0.2) is 9.97 Å². The molecule has 2 heterocycles. The van der Waals surface area contributed by atoms with Crippen LogP contribution in [0, 0.1) is 0 Å². The van der Waals surface area contributed by atoms with Crippen LogP contribution in [0.5, 0.6) is 0 Å². The van der Waals surface area contributed by atoms with Crippen molar-refractivity contribution in [3.05, 3.63) is 18.3 Å². The van der Waals surface area contributed by atoms with Crippen LogP contribution in [0.2, 0.25) is 0 Å². The maximum atomic E-state index is 5.93. The van der Waals surface area contributed by atoms with Gasteiger partial charge in [0.1, 0.15) is 5.52 Å². The van der Waals surface area contributed by atoms with E-state index in [1.54, 1.807) is 13.3 Å². The molecule has 0 saturated carbocycles. The van der Waals surface area contributed by atoms with Crippen molar-refractivity contribution >= 4 is 17.1 Å². The smallest absolute Gasteiger partial charge is 0.203 e. The summed E-state index contributed by atoms with van der Waals surface area (Å²) in [7, 11) is 1.67. The van der Waals surface area contributed by atoms with Crippen LogP contribution < -0.4 is 5.73 Å². The van der Waals surface area contributed by atoms with Crippen LogP contribution in [0.25, 0.3) is 11.2 Å². The third-order valence-corrected chi connectivity index (χ3v) is 2.54. The molecule has 2 aromatic heterocycles. The fourth-order valence-electron chi connectivity index (χ4n) is 1.94. The molecule has 0 aliphatic heterocycles. The van der Waals surface area contributed by atoms with Crippen LogP contribution in [-0.2, 0) is 10.3 Å². The first kappa shape index (κ1) is 10.9. The first-order chi connectivity index (χ1) is 7.56. The lowest BCUT2D eigenvalue weighted by molar-refractivity contribution is 0.113. The number of nitrogen functional groups attached to an aromatic ring is 1. The van der Waals surface area contributed by atoms with Crippen molar-refractivity contribution in [2.24, 2.45) is 0 Å². The molecule has 2 rings (SSSR count). The van der Waals surface area contributed by atoms with Crippen LogP contribution in [0.3, 0.4) is 0 Å². The average molecular weight is 220 g/mol. The number of ether oxygens (including phenoxy) is 1. The van der Waals surface area contributed by atoms with Gasteiger partial charge in [-0.1, -0.05) is 0 Å². The summed E-state index contributed by atoms with van der Waals surface area (Å²) in [6, 6.07) is 3.75. The normalized spacial score (nSPS) is 12.2. The summed E-state index contributed by atoms with van der Waals surface area (Å²) in [5.74, 6) is 0.468. The second-order valence-corrected chi connectivity index (χ2v) is 4.40. The third-order valence-electron chi connectivity index (χ3n) is 2.54. The van der Waals surface area contributed by atoms with E-state index >= 15 is 0 Å². The van der Waals surface area contributed by atoms with E-state index in [9.17, 15) is 0 Å². The molecule has 0 aliphatic carbocycles. The highest BCUT2D eigenvalue weighted by Gasteiger charge is 2.25. The summed E-state index contributed by atoms with van der Waals surface area (Å²) < 4.78 is 7.11. The molecule has 0 fully saturated rings. The molecular formula is C11H16N4O. The Hall–Kier alpha value is -1.62. The number of pyridine rings is 1. The molecule has 0 unspecified atom stereocenters. The molecule has 5 nitrogen and oxygen atoms in total. The van der Waals surface area contributed by atoms with Crippen LogP contribution in [0.15, 0.2) is 18.3 Å². The molecule has 86 valence electrons. The fraction of sp³-hybridized carbons (Fsp3) is 0.455. The molecule has 0 aliphatic rings. The van der Waals surface area contributed by atoms with E-state index in [1.807, 2.05) is 30.5 Å². The molecule has 0 bridgehead atoms. The summed E-state index contributed by atoms with van der Waals surface area (Å²) >= 11 is 0. The minimum absolute atomic E-state index is 0.262. The number of anilines is 1. The van der Waals surface area contributed by atoms with Crippen LogP contribution in [-0.4, -0.2) is 28.3 Å². The van der Waals surface area contributed by atoms with E-state index in [4.69, 9.17) is 10.5 Å². The van der Waals surface area contributed by atoms with Gasteiger partial charge < -0.3 is 10.5 Å². The molecule has 2 N–H and O–H groups in total. The Labute approximate surface area is 94.2 Å². The molecule has 0 radical (unpaired) electrons.